The van der Waals surface area contributed by atoms with Gasteiger partial charge in [-0.3, -0.25) is 0 Å². The minimum absolute atomic E-state index is 0.0102. The molecule has 1 N–H and O–H groups in total. The number of hydrogen-bond donors (Lipinski definition) is 1. The minimum Gasteiger partial charge on any atom is -0.224 e. The Morgan fingerprint density at radius 3 is 1.91 bits per heavy atom. The zero-order valence-corrected chi connectivity index (χ0v) is 14.0. The van der Waals surface area contributed by atoms with Crippen molar-refractivity contribution in [3.05, 3.63) is 59.9 Å². The zero-order chi connectivity index (χ0) is 17.1. The first-order valence-corrected chi connectivity index (χ1v) is 10.1. The molecule has 0 saturated heterocycles. The van der Waals surface area contributed by atoms with Crippen LogP contribution in [0.2, 0.25) is 0 Å². The van der Waals surface area contributed by atoms with Crippen LogP contribution in [0.3, 0.4) is 0 Å². The van der Waals surface area contributed by atoms with E-state index in [4.69, 9.17) is 0 Å². The number of hydrogen-bond acceptors (Lipinski definition) is 4. The number of nitrogens with one attached hydrogen (secondary N) is 1. The monoisotopic (exact) mass is 357 g/mol. The van der Waals surface area contributed by atoms with Crippen molar-refractivity contribution in [2.24, 2.45) is 0 Å². The van der Waals surface area contributed by atoms with Gasteiger partial charge in [0, 0.05) is 12.8 Å². The summed E-state index contributed by atoms with van der Waals surface area (Å²) >= 11 is 0. The fourth-order valence-corrected chi connectivity index (χ4v) is 3.59. The Labute approximate surface area is 135 Å². The molecule has 0 aliphatic heterocycles. The van der Waals surface area contributed by atoms with Gasteiger partial charge in [0.15, 0.2) is 9.84 Å². The first kappa shape index (κ1) is 17.6. The van der Waals surface area contributed by atoms with E-state index in [0.29, 0.717) is 6.42 Å². The number of rotatable bonds is 6. The van der Waals surface area contributed by atoms with Crippen LogP contribution >= 0.6 is 0 Å². The van der Waals surface area contributed by atoms with Gasteiger partial charge in [0.1, 0.15) is 5.82 Å². The van der Waals surface area contributed by atoms with Gasteiger partial charge in [-0.05, 0) is 48.4 Å². The van der Waals surface area contributed by atoms with Gasteiger partial charge >= 0.3 is 0 Å². The summed E-state index contributed by atoms with van der Waals surface area (Å²) < 4.78 is 62.2. The van der Waals surface area contributed by atoms with Crippen LogP contribution in [0.25, 0.3) is 0 Å². The highest BCUT2D eigenvalue weighted by Crippen LogP contribution is 2.14. The van der Waals surface area contributed by atoms with E-state index >= 15 is 0 Å². The summed E-state index contributed by atoms with van der Waals surface area (Å²) in [6.45, 7) is 0.155. The van der Waals surface area contributed by atoms with Crippen LogP contribution in [-0.4, -0.2) is 29.6 Å². The molecule has 0 aliphatic rings. The molecule has 2 rings (SSSR count). The summed E-state index contributed by atoms with van der Waals surface area (Å²) in [5.74, 6) is -0.347. The molecule has 2 aromatic carbocycles. The first-order valence-electron chi connectivity index (χ1n) is 6.73. The summed E-state index contributed by atoms with van der Waals surface area (Å²) in [7, 11) is -7.09. The van der Waals surface area contributed by atoms with Crippen LogP contribution in [-0.2, 0) is 26.3 Å². The average molecular weight is 357 g/mol. The molecule has 2 aromatic rings. The summed E-state index contributed by atoms with van der Waals surface area (Å²) in [5.41, 5.74) is 0.807. The Morgan fingerprint density at radius 1 is 0.870 bits per heavy atom. The molecule has 0 bridgehead atoms. The van der Waals surface area contributed by atoms with Crippen LogP contribution < -0.4 is 4.72 Å². The third-order valence-electron chi connectivity index (χ3n) is 3.18. The van der Waals surface area contributed by atoms with E-state index in [0.717, 1.165) is 11.8 Å². The highest BCUT2D eigenvalue weighted by Gasteiger charge is 2.15. The van der Waals surface area contributed by atoms with Gasteiger partial charge in [0.25, 0.3) is 0 Å². The Kier molecular flexibility index (Phi) is 5.18. The van der Waals surface area contributed by atoms with Gasteiger partial charge in [-0.25, -0.2) is 25.9 Å². The molecular formula is C15H16FNO4S2. The van der Waals surface area contributed by atoms with E-state index in [-0.39, 0.29) is 22.2 Å². The van der Waals surface area contributed by atoms with Crippen LogP contribution in [0.1, 0.15) is 5.56 Å². The SMILES string of the molecule is CS(=O)(=O)c1ccc(S(=O)(=O)NCCc2ccc(F)cc2)cc1. The third-order valence-corrected chi connectivity index (χ3v) is 5.79. The van der Waals surface area contributed by atoms with Gasteiger partial charge in [-0.15, -0.1) is 0 Å². The summed E-state index contributed by atoms with van der Waals surface area (Å²) in [4.78, 5) is 0.0479. The van der Waals surface area contributed by atoms with Crippen molar-refractivity contribution in [1.82, 2.24) is 4.72 Å². The van der Waals surface area contributed by atoms with E-state index in [1.54, 1.807) is 12.1 Å². The Balaban J connectivity index is 2.02. The largest absolute Gasteiger partial charge is 0.240 e. The zero-order valence-electron chi connectivity index (χ0n) is 12.4. The van der Waals surface area contributed by atoms with Gasteiger partial charge in [0.2, 0.25) is 10.0 Å². The molecule has 0 fully saturated rings. The fraction of sp³-hybridized carbons (Fsp3) is 0.200. The molecule has 0 aliphatic carbocycles. The smallest absolute Gasteiger partial charge is 0.224 e. The van der Waals surface area contributed by atoms with Crippen molar-refractivity contribution in [2.45, 2.75) is 16.2 Å². The van der Waals surface area contributed by atoms with E-state index < -0.39 is 19.9 Å². The maximum Gasteiger partial charge on any atom is 0.240 e. The standard InChI is InChI=1S/C15H16FNO4S2/c1-22(18,19)14-6-8-15(9-7-14)23(20,21)17-11-10-12-2-4-13(16)5-3-12/h2-9,17H,10-11H2,1H3. The Hall–Kier alpha value is -1.77. The topological polar surface area (TPSA) is 80.3 Å². The predicted octanol–water partition coefficient (Wildman–Crippen LogP) is 1.75. The number of sulfonamides is 1. The Bertz CT molecular complexity index is 874. The first-order chi connectivity index (χ1) is 10.7. The van der Waals surface area contributed by atoms with E-state index in [9.17, 15) is 21.2 Å². The molecule has 0 spiro atoms. The second kappa shape index (κ2) is 6.77. The lowest BCUT2D eigenvalue weighted by molar-refractivity contribution is 0.580. The molecule has 0 atom stereocenters. The Morgan fingerprint density at radius 2 is 1.39 bits per heavy atom. The van der Waals surface area contributed by atoms with Crippen molar-refractivity contribution >= 4 is 19.9 Å². The van der Waals surface area contributed by atoms with Crippen molar-refractivity contribution in [3.63, 3.8) is 0 Å². The second-order valence-electron chi connectivity index (χ2n) is 5.02. The van der Waals surface area contributed by atoms with Gasteiger partial charge in [0.05, 0.1) is 9.79 Å². The molecule has 23 heavy (non-hydrogen) atoms. The van der Waals surface area contributed by atoms with Crippen LogP contribution in [0.4, 0.5) is 4.39 Å². The van der Waals surface area contributed by atoms with E-state index in [1.807, 2.05) is 0 Å². The number of sulfone groups is 1. The van der Waals surface area contributed by atoms with E-state index in [2.05, 4.69) is 4.72 Å². The number of benzene rings is 2. The van der Waals surface area contributed by atoms with Crippen LogP contribution in [0, 0.1) is 5.82 Å². The fourth-order valence-electron chi connectivity index (χ4n) is 1.93. The van der Waals surface area contributed by atoms with Crippen molar-refractivity contribution in [3.8, 4) is 0 Å². The number of halogens is 1. The summed E-state index contributed by atoms with van der Waals surface area (Å²) in [6.07, 6.45) is 1.47. The molecule has 0 radical (unpaired) electrons. The molecule has 0 unspecified atom stereocenters. The van der Waals surface area contributed by atoms with Gasteiger partial charge in [-0.1, -0.05) is 12.1 Å². The van der Waals surface area contributed by atoms with Crippen molar-refractivity contribution in [1.29, 1.82) is 0 Å². The lowest BCUT2D eigenvalue weighted by Crippen LogP contribution is -2.26. The van der Waals surface area contributed by atoms with Crippen LogP contribution in [0.15, 0.2) is 58.3 Å². The second-order valence-corrected chi connectivity index (χ2v) is 8.80. The molecule has 0 heterocycles. The maximum atomic E-state index is 12.8. The summed E-state index contributed by atoms with van der Waals surface area (Å²) in [5, 5.41) is 0. The summed E-state index contributed by atoms with van der Waals surface area (Å²) in [6, 6.07) is 10.8. The molecular weight excluding hydrogens is 341 g/mol. The third kappa shape index (κ3) is 4.85. The molecule has 0 saturated carbocycles. The van der Waals surface area contributed by atoms with Crippen molar-refractivity contribution in [2.75, 3.05) is 12.8 Å². The van der Waals surface area contributed by atoms with Crippen molar-refractivity contribution < 1.29 is 21.2 Å². The predicted molar refractivity (Wildman–Crippen MR) is 84.8 cm³/mol. The quantitative estimate of drug-likeness (QED) is 0.854. The molecule has 0 aromatic heterocycles. The minimum atomic E-state index is -3.72. The lowest BCUT2D eigenvalue weighted by atomic mass is 10.1. The maximum absolute atomic E-state index is 12.8. The molecule has 0 amide bonds. The normalized spacial score (nSPS) is 12.3. The van der Waals surface area contributed by atoms with Crippen LogP contribution in [0.5, 0.6) is 0 Å². The molecule has 8 heteroatoms. The molecule has 5 nitrogen and oxygen atoms in total. The van der Waals surface area contributed by atoms with Gasteiger partial charge in [-0.2, -0.15) is 0 Å². The highest BCUT2D eigenvalue weighted by atomic mass is 32.2. The lowest BCUT2D eigenvalue weighted by Gasteiger charge is -2.07. The van der Waals surface area contributed by atoms with E-state index in [1.165, 1.54) is 36.4 Å². The van der Waals surface area contributed by atoms with Gasteiger partial charge < -0.3 is 0 Å². The molecule has 124 valence electrons. The average Bonchev–Trinajstić information content (AvgIpc) is 2.48. The highest BCUT2D eigenvalue weighted by molar-refractivity contribution is 7.90.